The fraction of sp³-hybridized carbons (Fsp3) is 0.0870. The third kappa shape index (κ3) is 10.6. The van der Waals surface area contributed by atoms with Crippen molar-refractivity contribution in [1.29, 1.82) is 0 Å². The molecule has 0 aliphatic rings. The van der Waals surface area contributed by atoms with Crippen molar-refractivity contribution < 1.29 is 52.7 Å². The summed E-state index contributed by atoms with van der Waals surface area (Å²) in [4.78, 5) is 3.15. The summed E-state index contributed by atoms with van der Waals surface area (Å²) in [7, 11) is 0. The van der Waals surface area contributed by atoms with E-state index in [0.29, 0.717) is 66.4 Å². The van der Waals surface area contributed by atoms with E-state index in [4.69, 9.17) is 0 Å². The van der Waals surface area contributed by atoms with Crippen molar-refractivity contribution in [2.45, 2.75) is 41.6 Å². The zero-order valence-corrected chi connectivity index (χ0v) is 35.3. The Hall–Kier alpha value is -5.30. The maximum Gasteiger partial charge on any atom is 0.446 e. The number of thioether (sulfide) groups is 4. The van der Waals surface area contributed by atoms with Gasteiger partial charge < -0.3 is 9.80 Å². The van der Waals surface area contributed by atoms with E-state index in [1.165, 1.54) is 97.1 Å². The smallest absolute Gasteiger partial charge is 0.310 e. The van der Waals surface area contributed by atoms with E-state index in [2.05, 4.69) is 0 Å². The number of alkyl halides is 12. The Balaban J connectivity index is 1.36. The monoisotopic (exact) mass is 962 g/mol. The molecule has 18 heteroatoms. The predicted molar refractivity (Wildman–Crippen MR) is 236 cm³/mol. The van der Waals surface area contributed by atoms with Gasteiger partial charge in [-0.2, -0.15) is 52.7 Å². The van der Waals surface area contributed by atoms with Gasteiger partial charge in [-0.15, -0.1) is 0 Å². The van der Waals surface area contributed by atoms with Crippen molar-refractivity contribution in [2.24, 2.45) is 0 Å². The Morgan fingerprint density at radius 1 is 0.266 bits per heavy atom. The first-order valence-electron chi connectivity index (χ1n) is 18.6. The number of halogens is 12. The van der Waals surface area contributed by atoms with Crippen LogP contribution in [-0.2, 0) is 0 Å². The highest BCUT2D eigenvalue weighted by molar-refractivity contribution is 8.00. The molecular formula is C46H26F12N2S4. The molecular weight excluding hydrogens is 937 g/mol. The highest BCUT2D eigenvalue weighted by Gasteiger charge is 2.32. The number of hydrogen-bond acceptors (Lipinski definition) is 6. The molecule has 8 aromatic rings. The number of hydrogen-bond donors (Lipinski definition) is 0. The molecule has 0 bridgehead atoms. The summed E-state index contributed by atoms with van der Waals surface area (Å²) in [5, 5.41) is 3.98. The Morgan fingerprint density at radius 3 is 0.703 bits per heavy atom. The van der Waals surface area contributed by atoms with E-state index in [1.807, 2.05) is 36.4 Å². The molecule has 328 valence electrons. The van der Waals surface area contributed by atoms with Crippen molar-refractivity contribution >= 4 is 113 Å². The Bertz CT molecular complexity index is 2610. The maximum atomic E-state index is 13.3. The molecule has 0 heterocycles. The van der Waals surface area contributed by atoms with Crippen LogP contribution in [0.1, 0.15) is 0 Å². The molecule has 64 heavy (non-hydrogen) atoms. The van der Waals surface area contributed by atoms with Gasteiger partial charge in [0, 0.05) is 53.1 Å². The lowest BCUT2D eigenvalue weighted by molar-refractivity contribution is -0.0337. The van der Waals surface area contributed by atoms with E-state index in [-0.39, 0.29) is 66.6 Å². The Kier molecular flexibility index (Phi) is 12.4. The van der Waals surface area contributed by atoms with Gasteiger partial charge in [0.25, 0.3) is 0 Å². The zero-order valence-electron chi connectivity index (χ0n) is 32.1. The fourth-order valence-corrected chi connectivity index (χ4v) is 9.48. The molecule has 0 spiro atoms. The van der Waals surface area contributed by atoms with Gasteiger partial charge in [-0.25, -0.2) is 0 Å². The van der Waals surface area contributed by atoms with Gasteiger partial charge >= 0.3 is 22.0 Å². The minimum absolute atomic E-state index is 0.0814. The van der Waals surface area contributed by atoms with Gasteiger partial charge in [0.1, 0.15) is 0 Å². The van der Waals surface area contributed by atoms with Crippen LogP contribution in [-0.4, -0.2) is 22.0 Å². The van der Waals surface area contributed by atoms with Crippen LogP contribution in [0.15, 0.2) is 177 Å². The molecule has 8 aromatic carbocycles. The van der Waals surface area contributed by atoms with Gasteiger partial charge in [0.05, 0.1) is 11.4 Å². The molecule has 0 unspecified atom stereocenters. The second-order valence-corrected chi connectivity index (χ2v) is 18.4. The first-order valence-corrected chi connectivity index (χ1v) is 21.9. The summed E-state index contributed by atoms with van der Waals surface area (Å²) in [5.74, 6) is 0. The zero-order chi connectivity index (χ0) is 45.6. The van der Waals surface area contributed by atoms with Crippen LogP contribution in [0, 0.1) is 0 Å². The quantitative estimate of drug-likeness (QED) is 0.0760. The molecule has 0 aromatic heterocycles. The number of rotatable bonds is 10. The number of fused-ring (bicyclic) bond motifs is 5. The first kappa shape index (κ1) is 45.3. The summed E-state index contributed by atoms with van der Waals surface area (Å²) in [6.07, 6.45) is 0. The van der Waals surface area contributed by atoms with Crippen LogP contribution in [0.5, 0.6) is 0 Å². The maximum absolute atomic E-state index is 13.3. The molecule has 0 aliphatic carbocycles. The van der Waals surface area contributed by atoms with Gasteiger partial charge in [-0.3, -0.25) is 0 Å². The lowest BCUT2D eigenvalue weighted by Crippen LogP contribution is -2.12. The van der Waals surface area contributed by atoms with Gasteiger partial charge in [0.2, 0.25) is 0 Å². The lowest BCUT2D eigenvalue weighted by atomic mass is 9.93. The average Bonchev–Trinajstić information content (AvgIpc) is 3.21. The minimum Gasteiger partial charge on any atom is -0.310 e. The number of benzene rings is 8. The lowest BCUT2D eigenvalue weighted by Gasteiger charge is -2.30. The van der Waals surface area contributed by atoms with Crippen LogP contribution >= 0.6 is 47.0 Å². The van der Waals surface area contributed by atoms with Crippen LogP contribution in [0.4, 0.5) is 86.8 Å². The third-order valence-corrected chi connectivity index (χ3v) is 12.6. The highest BCUT2D eigenvalue weighted by Crippen LogP contribution is 2.50. The molecule has 0 atom stereocenters. The van der Waals surface area contributed by atoms with Crippen LogP contribution < -0.4 is 9.80 Å². The minimum atomic E-state index is -4.55. The van der Waals surface area contributed by atoms with Crippen LogP contribution in [0.3, 0.4) is 0 Å². The van der Waals surface area contributed by atoms with Gasteiger partial charge in [-0.1, -0.05) is 48.5 Å². The molecule has 0 saturated carbocycles. The molecule has 0 saturated heterocycles. The molecule has 0 amide bonds. The standard InChI is InChI=1S/C46H26F12N2S4/c47-43(48,49)61-31-17-9-27(10-18-31)59(28-11-19-32(20-12-28)62-44(50,51)52)41-26-40-36-6-2-4-8-38(36)42(25-39(40)35-5-1-3-7-37(35)41)60(29-13-21-33(22-14-29)63-45(53,54)55)30-15-23-34(24-16-30)64-46(56,57)58/h1-26H. The second-order valence-electron chi connectivity index (χ2n) is 13.8. The van der Waals surface area contributed by atoms with E-state index in [1.54, 1.807) is 34.1 Å². The fourth-order valence-electron chi connectivity index (χ4n) is 7.32. The van der Waals surface area contributed by atoms with E-state index >= 15 is 0 Å². The molecule has 0 radical (unpaired) electrons. The average molecular weight is 963 g/mol. The summed E-state index contributed by atoms with van der Waals surface area (Å²) < 4.78 is 160. The predicted octanol–water partition coefficient (Wildman–Crippen LogP) is 18.5. The molecule has 2 nitrogen and oxygen atoms in total. The largest absolute Gasteiger partial charge is 0.446 e. The topological polar surface area (TPSA) is 6.48 Å². The van der Waals surface area contributed by atoms with Crippen molar-refractivity contribution in [3.8, 4) is 0 Å². The highest BCUT2D eigenvalue weighted by atomic mass is 32.2. The van der Waals surface area contributed by atoms with Crippen molar-refractivity contribution in [2.75, 3.05) is 9.80 Å². The second kappa shape index (κ2) is 17.6. The SMILES string of the molecule is FC(F)(F)Sc1ccc(N(c2ccc(SC(F)(F)F)cc2)c2cc3c4ccccc4c(N(c4ccc(SC(F)(F)F)cc4)c4ccc(SC(F)(F)F)cc4)cc3c3ccccc23)cc1. The molecule has 0 N–H and O–H groups in total. The van der Waals surface area contributed by atoms with E-state index in [9.17, 15) is 52.7 Å². The summed E-state index contributed by atoms with van der Waals surface area (Å²) in [6, 6.07) is 40.5. The van der Waals surface area contributed by atoms with E-state index < -0.39 is 22.0 Å². The normalized spacial score (nSPS) is 12.6. The van der Waals surface area contributed by atoms with Crippen molar-refractivity contribution in [1.82, 2.24) is 0 Å². The molecule has 0 aliphatic heterocycles. The Labute approximate surface area is 373 Å². The third-order valence-electron chi connectivity index (χ3n) is 9.63. The number of nitrogens with zero attached hydrogens (tertiary/aromatic N) is 2. The van der Waals surface area contributed by atoms with Gasteiger partial charge in [-0.05, 0) is 178 Å². The Morgan fingerprint density at radius 2 is 0.484 bits per heavy atom. The summed E-state index contributed by atoms with van der Waals surface area (Å²) >= 11 is -1.17. The first-order chi connectivity index (χ1) is 30.2. The van der Waals surface area contributed by atoms with Crippen LogP contribution in [0.25, 0.3) is 32.3 Å². The van der Waals surface area contributed by atoms with Crippen molar-refractivity contribution in [3.63, 3.8) is 0 Å². The van der Waals surface area contributed by atoms with Crippen LogP contribution in [0.2, 0.25) is 0 Å². The summed E-state index contributed by atoms with van der Waals surface area (Å²) in [5.41, 5.74) is -15.5. The molecule has 8 rings (SSSR count). The van der Waals surface area contributed by atoms with Crippen molar-refractivity contribution in [3.05, 3.63) is 158 Å². The molecule has 0 fully saturated rings. The summed E-state index contributed by atoms with van der Waals surface area (Å²) in [6.45, 7) is 0. The van der Waals surface area contributed by atoms with E-state index in [0.717, 1.165) is 0 Å². The van der Waals surface area contributed by atoms with Gasteiger partial charge in [0.15, 0.2) is 0 Å². The number of anilines is 6.